The van der Waals surface area contributed by atoms with Crippen molar-refractivity contribution in [2.75, 3.05) is 7.05 Å². The van der Waals surface area contributed by atoms with E-state index < -0.39 is 0 Å². The van der Waals surface area contributed by atoms with Gasteiger partial charge in [0.25, 0.3) is 0 Å². The summed E-state index contributed by atoms with van der Waals surface area (Å²) < 4.78 is 15.2. The second kappa shape index (κ2) is 5.31. The molecule has 2 rings (SSSR count). The first kappa shape index (κ1) is 12.8. The second-order valence-corrected chi connectivity index (χ2v) is 4.59. The number of halogens is 1. The van der Waals surface area contributed by atoms with Crippen LogP contribution in [0.5, 0.6) is 0 Å². The predicted molar refractivity (Wildman–Crippen MR) is 69.8 cm³/mol. The van der Waals surface area contributed by atoms with Gasteiger partial charge < -0.3 is 5.32 Å². The number of benzene rings is 1. The summed E-state index contributed by atoms with van der Waals surface area (Å²) in [7, 11) is 3.78. The summed E-state index contributed by atoms with van der Waals surface area (Å²) >= 11 is 0. The Morgan fingerprint density at radius 1 is 1.39 bits per heavy atom. The van der Waals surface area contributed by atoms with Gasteiger partial charge in [-0.2, -0.15) is 5.10 Å². The summed E-state index contributed by atoms with van der Waals surface area (Å²) in [6, 6.07) is 7.19. The normalized spacial score (nSPS) is 12.7. The van der Waals surface area contributed by atoms with Crippen molar-refractivity contribution in [2.24, 2.45) is 7.05 Å². The molecule has 4 heteroatoms. The molecule has 0 saturated carbocycles. The Balaban J connectivity index is 2.22. The maximum absolute atomic E-state index is 13.4. The van der Waals surface area contributed by atoms with E-state index in [1.807, 2.05) is 39.3 Å². The molecule has 0 amide bonds. The summed E-state index contributed by atoms with van der Waals surface area (Å²) in [5.41, 5.74) is 2.89. The fourth-order valence-electron chi connectivity index (χ4n) is 2.13. The molecule has 0 radical (unpaired) electrons. The maximum atomic E-state index is 13.4. The van der Waals surface area contributed by atoms with Gasteiger partial charge >= 0.3 is 0 Å². The van der Waals surface area contributed by atoms with E-state index in [4.69, 9.17) is 0 Å². The summed E-state index contributed by atoms with van der Waals surface area (Å²) in [6.07, 6.45) is 2.67. The Hall–Kier alpha value is -1.68. The highest BCUT2D eigenvalue weighted by Gasteiger charge is 2.13. The molecule has 2 aromatic rings. The van der Waals surface area contributed by atoms with Gasteiger partial charge in [-0.25, -0.2) is 4.39 Å². The van der Waals surface area contributed by atoms with Gasteiger partial charge in [-0.15, -0.1) is 0 Å². The van der Waals surface area contributed by atoms with Gasteiger partial charge in [0.2, 0.25) is 0 Å². The van der Waals surface area contributed by atoms with Crippen LogP contribution in [-0.2, 0) is 13.5 Å². The number of nitrogens with zero attached hydrogens (tertiary/aromatic N) is 2. The number of hydrogen-bond donors (Lipinski definition) is 1. The van der Waals surface area contributed by atoms with Gasteiger partial charge in [0.05, 0.1) is 5.69 Å². The zero-order chi connectivity index (χ0) is 13.1. The van der Waals surface area contributed by atoms with Crippen molar-refractivity contribution in [3.8, 4) is 0 Å². The molecule has 0 aliphatic heterocycles. The van der Waals surface area contributed by atoms with Gasteiger partial charge in [0.1, 0.15) is 5.82 Å². The van der Waals surface area contributed by atoms with E-state index >= 15 is 0 Å². The molecule has 0 bridgehead atoms. The maximum Gasteiger partial charge on any atom is 0.123 e. The van der Waals surface area contributed by atoms with Crippen LogP contribution in [0.25, 0.3) is 0 Å². The Labute approximate surface area is 107 Å². The molecule has 1 heterocycles. The number of aryl methyl sites for hydroxylation is 2. The van der Waals surface area contributed by atoms with Crippen molar-refractivity contribution in [1.82, 2.24) is 15.1 Å². The fraction of sp³-hybridized carbons (Fsp3) is 0.357. The first-order valence-corrected chi connectivity index (χ1v) is 6.01. The monoisotopic (exact) mass is 247 g/mol. The van der Waals surface area contributed by atoms with E-state index in [1.165, 1.54) is 6.07 Å². The lowest BCUT2D eigenvalue weighted by Crippen LogP contribution is -2.19. The van der Waals surface area contributed by atoms with Crippen molar-refractivity contribution in [3.63, 3.8) is 0 Å². The molecule has 0 fully saturated rings. The van der Waals surface area contributed by atoms with Crippen molar-refractivity contribution >= 4 is 0 Å². The summed E-state index contributed by atoms with van der Waals surface area (Å²) in [5, 5.41) is 7.57. The van der Waals surface area contributed by atoms with Crippen molar-refractivity contribution in [1.29, 1.82) is 0 Å². The van der Waals surface area contributed by atoms with Crippen molar-refractivity contribution in [2.45, 2.75) is 19.4 Å². The molecule has 1 aromatic carbocycles. The Kier molecular flexibility index (Phi) is 3.77. The van der Waals surface area contributed by atoms with Crippen LogP contribution in [0.2, 0.25) is 0 Å². The lowest BCUT2D eigenvalue weighted by molar-refractivity contribution is 0.565. The Bertz CT molecular complexity index is 513. The molecule has 1 N–H and O–H groups in total. The third-order valence-electron chi connectivity index (χ3n) is 3.00. The van der Waals surface area contributed by atoms with E-state index in [0.29, 0.717) is 0 Å². The molecule has 0 spiro atoms. The third kappa shape index (κ3) is 2.96. The molecule has 1 aromatic heterocycles. The number of aromatic nitrogens is 2. The minimum Gasteiger partial charge on any atom is -0.313 e. The van der Waals surface area contributed by atoms with E-state index in [9.17, 15) is 4.39 Å². The topological polar surface area (TPSA) is 29.9 Å². The zero-order valence-electron chi connectivity index (χ0n) is 10.9. The smallest absolute Gasteiger partial charge is 0.123 e. The third-order valence-corrected chi connectivity index (χ3v) is 3.00. The van der Waals surface area contributed by atoms with Gasteiger partial charge in [0, 0.05) is 25.7 Å². The first-order chi connectivity index (χ1) is 8.58. The van der Waals surface area contributed by atoms with Crippen molar-refractivity contribution < 1.29 is 4.39 Å². The standard InChI is InChI=1S/C14H18FN3/c1-10-6-11(8-12(15)7-10)14(16-2)9-13-4-5-18(3)17-13/h4-8,14,16H,9H2,1-3H3. The number of hydrogen-bond acceptors (Lipinski definition) is 2. The number of likely N-dealkylation sites (N-methyl/N-ethyl adjacent to an activating group) is 1. The Morgan fingerprint density at radius 2 is 2.17 bits per heavy atom. The van der Waals surface area contributed by atoms with E-state index in [2.05, 4.69) is 10.4 Å². The second-order valence-electron chi connectivity index (χ2n) is 4.59. The lowest BCUT2D eigenvalue weighted by Gasteiger charge is -2.16. The predicted octanol–water partition coefficient (Wildman–Crippen LogP) is 2.37. The molecule has 96 valence electrons. The van der Waals surface area contributed by atoms with Crippen LogP contribution in [0, 0.1) is 12.7 Å². The van der Waals surface area contributed by atoms with Crippen LogP contribution in [0.3, 0.4) is 0 Å². The van der Waals surface area contributed by atoms with Crippen LogP contribution in [0.1, 0.15) is 22.9 Å². The van der Waals surface area contributed by atoms with Crippen molar-refractivity contribution in [3.05, 3.63) is 53.1 Å². The van der Waals surface area contributed by atoms with E-state index in [-0.39, 0.29) is 11.9 Å². The highest BCUT2D eigenvalue weighted by Crippen LogP contribution is 2.19. The van der Waals surface area contributed by atoms with Gasteiger partial charge in [-0.3, -0.25) is 4.68 Å². The fourth-order valence-corrected chi connectivity index (χ4v) is 2.13. The van der Waals surface area contributed by atoms with Crippen LogP contribution in [-0.4, -0.2) is 16.8 Å². The van der Waals surface area contributed by atoms with Crippen LogP contribution >= 0.6 is 0 Å². The minimum absolute atomic E-state index is 0.0781. The van der Waals surface area contributed by atoms with Crippen LogP contribution in [0.15, 0.2) is 30.5 Å². The highest BCUT2D eigenvalue weighted by atomic mass is 19.1. The molecule has 0 aliphatic carbocycles. The minimum atomic E-state index is -0.189. The molecular formula is C14H18FN3. The van der Waals surface area contributed by atoms with Crippen LogP contribution in [0.4, 0.5) is 4.39 Å². The quantitative estimate of drug-likeness (QED) is 0.899. The average Bonchev–Trinajstić information content (AvgIpc) is 2.70. The highest BCUT2D eigenvalue weighted by molar-refractivity contribution is 5.27. The summed E-state index contributed by atoms with van der Waals surface area (Å²) in [6.45, 7) is 1.90. The van der Waals surface area contributed by atoms with E-state index in [1.54, 1.807) is 10.7 Å². The summed E-state index contributed by atoms with van der Waals surface area (Å²) in [4.78, 5) is 0. The molecule has 3 nitrogen and oxygen atoms in total. The number of rotatable bonds is 4. The first-order valence-electron chi connectivity index (χ1n) is 6.01. The molecular weight excluding hydrogens is 229 g/mol. The van der Waals surface area contributed by atoms with Crippen LogP contribution < -0.4 is 5.32 Å². The lowest BCUT2D eigenvalue weighted by atomic mass is 10.0. The average molecular weight is 247 g/mol. The molecule has 0 aliphatic rings. The molecule has 0 saturated heterocycles. The van der Waals surface area contributed by atoms with Gasteiger partial charge in [-0.05, 0) is 43.3 Å². The SMILES string of the molecule is CNC(Cc1ccn(C)n1)c1cc(C)cc(F)c1. The molecule has 1 atom stereocenters. The Morgan fingerprint density at radius 3 is 2.72 bits per heavy atom. The summed E-state index contributed by atoms with van der Waals surface area (Å²) in [5.74, 6) is -0.189. The zero-order valence-corrected chi connectivity index (χ0v) is 10.9. The molecule has 1 unspecified atom stereocenters. The van der Waals surface area contributed by atoms with E-state index in [0.717, 1.165) is 23.2 Å². The molecule has 18 heavy (non-hydrogen) atoms. The van der Waals surface area contributed by atoms with Gasteiger partial charge in [-0.1, -0.05) is 6.07 Å². The largest absolute Gasteiger partial charge is 0.313 e. The number of nitrogens with one attached hydrogen (secondary N) is 1. The van der Waals surface area contributed by atoms with Gasteiger partial charge in [0.15, 0.2) is 0 Å².